The topological polar surface area (TPSA) is 182 Å². The maximum absolute atomic E-state index is 11.9. The normalized spacial score (nSPS) is 12.3. The van der Waals surface area contributed by atoms with Crippen LogP contribution >= 0.6 is 0 Å². The second kappa shape index (κ2) is 8.50. The Labute approximate surface area is 183 Å². The van der Waals surface area contributed by atoms with Crippen LogP contribution in [0.15, 0.2) is 81.4 Å². The van der Waals surface area contributed by atoms with Gasteiger partial charge in [-0.25, -0.2) is 0 Å². The molecule has 0 radical (unpaired) electrons. The minimum atomic E-state index is -4.94. The fraction of sp³-hybridized carbons (Fsp3) is 0. The summed E-state index contributed by atoms with van der Waals surface area (Å²) in [4.78, 5) is -2.21. The molecule has 0 saturated carbocycles. The van der Waals surface area contributed by atoms with Crippen molar-refractivity contribution in [2.75, 3.05) is 0 Å². The Hall–Kier alpha value is -3.01. The van der Waals surface area contributed by atoms with Gasteiger partial charge in [-0.1, -0.05) is 30.3 Å². The molecular weight excluding hydrogens is 488 g/mol. The lowest BCUT2D eigenvalue weighted by molar-refractivity contribution is 0.389. The molecule has 0 aliphatic carbocycles. The molecule has 0 amide bonds. The zero-order valence-corrected chi connectivity index (χ0v) is 18.1. The number of para-hydroxylation sites is 3. The highest BCUT2D eigenvalue weighted by atomic mass is 32.2. The molecule has 0 saturated heterocycles. The van der Waals surface area contributed by atoms with E-state index in [1.54, 1.807) is 0 Å². The number of ether oxygens (including phenoxy) is 2. The average molecular weight is 503 g/mol. The summed E-state index contributed by atoms with van der Waals surface area (Å²) in [6, 6.07) is 12.7. The molecule has 0 fully saturated rings. The van der Waals surface area contributed by atoms with Crippen molar-refractivity contribution in [2.24, 2.45) is 0 Å². The Morgan fingerprint density at radius 1 is 0.469 bits per heavy atom. The molecule has 0 bridgehead atoms. The highest BCUT2D eigenvalue weighted by Gasteiger charge is 2.26. The van der Waals surface area contributed by atoms with E-state index in [9.17, 15) is 38.9 Å². The predicted octanol–water partition coefficient (Wildman–Crippen LogP) is 3.01. The number of rotatable bonds is 7. The molecule has 170 valence electrons. The summed E-state index contributed by atoms with van der Waals surface area (Å²) >= 11 is 0. The van der Waals surface area contributed by atoms with Crippen molar-refractivity contribution in [3.8, 4) is 23.0 Å². The molecule has 0 aliphatic heterocycles. The van der Waals surface area contributed by atoms with Gasteiger partial charge in [0.05, 0.1) is 0 Å². The molecule has 14 heteroatoms. The van der Waals surface area contributed by atoms with E-state index in [0.29, 0.717) is 0 Å². The van der Waals surface area contributed by atoms with E-state index in [1.807, 2.05) is 0 Å². The highest BCUT2D eigenvalue weighted by molar-refractivity contribution is 7.86. The molecule has 3 N–H and O–H groups in total. The van der Waals surface area contributed by atoms with Crippen molar-refractivity contribution < 1.29 is 48.4 Å². The first kappa shape index (κ1) is 23.6. The quantitative estimate of drug-likeness (QED) is 0.404. The predicted molar refractivity (Wildman–Crippen MR) is 109 cm³/mol. The molecule has 32 heavy (non-hydrogen) atoms. The summed E-state index contributed by atoms with van der Waals surface area (Å²) in [6.07, 6.45) is 0. The van der Waals surface area contributed by atoms with Gasteiger partial charge in [-0.05, 0) is 36.4 Å². The van der Waals surface area contributed by atoms with Crippen LogP contribution in [0.4, 0.5) is 0 Å². The third-order valence-corrected chi connectivity index (χ3v) is 6.57. The molecule has 3 rings (SSSR count). The van der Waals surface area contributed by atoms with Crippen LogP contribution in [0.1, 0.15) is 0 Å². The van der Waals surface area contributed by atoms with E-state index in [1.165, 1.54) is 24.3 Å². The minimum absolute atomic E-state index is 0.421. The molecule has 0 aliphatic rings. The van der Waals surface area contributed by atoms with Crippen molar-refractivity contribution in [2.45, 2.75) is 14.7 Å². The number of hydrogen-bond acceptors (Lipinski definition) is 8. The van der Waals surface area contributed by atoms with Crippen molar-refractivity contribution in [3.63, 3.8) is 0 Å². The lowest BCUT2D eigenvalue weighted by atomic mass is 10.3. The van der Waals surface area contributed by atoms with Gasteiger partial charge in [-0.3, -0.25) is 13.7 Å². The third-order valence-electron chi connectivity index (χ3n) is 3.91. The Morgan fingerprint density at radius 3 is 1.31 bits per heavy atom. The average Bonchev–Trinajstić information content (AvgIpc) is 2.67. The van der Waals surface area contributed by atoms with Crippen LogP contribution in [0.2, 0.25) is 0 Å². The van der Waals surface area contributed by atoms with Gasteiger partial charge < -0.3 is 9.47 Å². The summed E-state index contributed by atoms with van der Waals surface area (Å²) in [6.45, 7) is 0. The SMILES string of the molecule is O=S(=O)(O)c1ccccc1Oc1cccc(S(=O)(=O)O)c1Oc1ccccc1S(=O)(=O)O. The Kier molecular flexibility index (Phi) is 6.28. The summed E-state index contributed by atoms with van der Waals surface area (Å²) in [7, 11) is -14.5. The maximum atomic E-state index is 11.9. The summed E-state index contributed by atoms with van der Waals surface area (Å²) < 4.78 is 109. The van der Waals surface area contributed by atoms with E-state index in [2.05, 4.69) is 0 Å². The van der Waals surface area contributed by atoms with Gasteiger partial charge in [-0.2, -0.15) is 25.3 Å². The second-order valence-electron chi connectivity index (χ2n) is 6.11. The first-order valence-electron chi connectivity index (χ1n) is 8.38. The molecule has 0 aromatic heterocycles. The molecule has 0 heterocycles. The fourth-order valence-electron chi connectivity index (χ4n) is 2.60. The molecule has 0 spiro atoms. The van der Waals surface area contributed by atoms with Crippen molar-refractivity contribution >= 4 is 30.4 Å². The van der Waals surface area contributed by atoms with Crippen LogP contribution in [0.5, 0.6) is 23.0 Å². The van der Waals surface area contributed by atoms with Gasteiger partial charge in [0, 0.05) is 0 Å². The molecule has 3 aromatic rings. The Morgan fingerprint density at radius 2 is 0.844 bits per heavy atom. The van der Waals surface area contributed by atoms with Gasteiger partial charge >= 0.3 is 0 Å². The van der Waals surface area contributed by atoms with Crippen LogP contribution < -0.4 is 9.47 Å². The molecule has 11 nitrogen and oxygen atoms in total. The molecule has 0 atom stereocenters. The Balaban J connectivity index is 2.22. The van der Waals surface area contributed by atoms with Crippen molar-refractivity contribution in [1.29, 1.82) is 0 Å². The molecule has 3 aromatic carbocycles. The monoisotopic (exact) mass is 502 g/mol. The number of benzene rings is 3. The number of hydrogen-bond donors (Lipinski definition) is 3. The van der Waals surface area contributed by atoms with Crippen LogP contribution in [0.3, 0.4) is 0 Å². The second-order valence-corrected chi connectivity index (χ2v) is 10.3. The molecular formula is C18H14O11S3. The van der Waals surface area contributed by atoms with Crippen molar-refractivity contribution in [1.82, 2.24) is 0 Å². The van der Waals surface area contributed by atoms with Gasteiger partial charge in [0.25, 0.3) is 30.4 Å². The third kappa shape index (κ3) is 5.24. The lowest BCUT2D eigenvalue weighted by Crippen LogP contribution is -2.06. The van der Waals surface area contributed by atoms with E-state index in [4.69, 9.17) is 9.47 Å². The fourth-order valence-corrected chi connectivity index (χ4v) is 4.46. The van der Waals surface area contributed by atoms with E-state index < -0.39 is 68.0 Å². The minimum Gasteiger partial charge on any atom is -0.452 e. The van der Waals surface area contributed by atoms with E-state index in [0.717, 1.165) is 42.5 Å². The van der Waals surface area contributed by atoms with E-state index in [-0.39, 0.29) is 0 Å². The van der Waals surface area contributed by atoms with Gasteiger partial charge in [0.2, 0.25) is 0 Å². The highest BCUT2D eigenvalue weighted by Crippen LogP contribution is 2.42. The van der Waals surface area contributed by atoms with Crippen LogP contribution in [0.25, 0.3) is 0 Å². The zero-order valence-electron chi connectivity index (χ0n) is 15.7. The summed E-state index contributed by atoms with van der Waals surface area (Å²) in [5.74, 6) is -2.10. The smallest absolute Gasteiger partial charge is 0.298 e. The first-order chi connectivity index (χ1) is 14.8. The van der Waals surface area contributed by atoms with Gasteiger partial charge in [-0.15, -0.1) is 0 Å². The zero-order chi connectivity index (χ0) is 23.7. The lowest BCUT2D eigenvalue weighted by Gasteiger charge is -2.17. The Bertz CT molecular complexity index is 1490. The van der Waals surface area contributed by atoms with Crippen LogP contribution in [-0.2, 0) is 30.4 Å². The van der Waals surface area contributed by atoms with Gasteiger partial charge in [0.1, 0.15) is 26.2 Å². The van der Waals surface area contributed by atoms with Crippen LogP contribution in [0, 0.1) is 0 Å². The van der Waals surface area contributed by atoms with Crippen LogP contribution in [-0.4, -0.2) is 38.9 Å². The first-order valence-corrected chi connectivity index (χ1v) is 12.7. The molecule has 0 unspecified atom stereocenters. The van der Waals surface area contributed by atoms with Crippen molar-refractivity contribution in [3.05, 3.63) is 66.7 Å². The van der Waals surface area contributed by atoms with Gasteiger partial charge in [0.15, 0.2) is 11.5 Å². The summed E-state index contributed by atoms with van der Waals surface area (Å²) in [5.41, 5.74) is 0. The summed E-state index contributed by atoms with van der Waals surface area (Å²) in [5, 5.41) is 0. The maximum Gasteiger partial charge on any atom is 0.298 e. The van der Waals surface area contributed by atoms with E-state index >= 15 is 0 Å². The standard InChI is InChI=1S/C18H14O11S3/c19-30(20,21)15-9-3-1-6-12(15)28-14-8-5-11-17(32(25,26)27)18(14)29-13-7-2-4-10-16(13)31(22,23)24/h1-11H,(H,19,20,21)(H,22,23,24)(H,25,26,27). The largest absolute Gasteiger partial charge is 0.452 e.